The Bertz CT molecular complexity index is 3650. The fourth-order valence-electron chi connectivity index (χ4n) is 16.6. The lowest BCUT2D eigenvalue weighted by molar-refractivity contribution is -0.374. The number of nitrogens with one attached hydrogen (secondary N) is 5. The fraction of sp³-hybridized carbons (Fsp3) is 0.756. The van der Waals surface area contributed by atoms with Gasteiger partial charge in [0.25, 0.3) is 0 Å². The van der Waals surface area contributed by atoms with Crippen LogP contribution in [0.3, 0.4) is 0 Å². The molecule has 9 rings (SSSR count). The average molecular weight is 1890 g/mol. The molecule has 0 saturated carbocycles. The number of fused-ring (bicyclic) bond motifs is 3. The molecule has 2 aromatic rings. The fourth-order valence-corrected chi connectivity index (χ4v) is 17.7. The summed E-state index contributed by atoms with van der Waals surface area (Å²) in [6.07, 6.45) is -25.2. The third-order valence-electron chi connectivity index (χ3n) is 22.4. The molecule has 40 nitrogen and oxygen atoms in total. The molecule has 125 heavy (non-hydrogen) atoms. The second-order valence-corrected chi connectivity index (χ2v) is 32.9. The molecule has 1 aliphatic carbocycles. The molecule has 2 aromatic carbocycles. The summed E-state index contributed by atoms with van der Waals surface area (Å²) in [6.45, 7) is 6.23. The van der Waals surface area contributed by atoms with Gasteiger partial charge in [-0.25, -0.2) is 0 Å². The smallest absolute Gasteiger partial charge is 0.306 e. The highest BCUT2D eigenvalue weighted by Gasteiger charge is 2.59. The predicted molar refractivity (Wildman–Crippen MR) is 447 cm³/mol. The maximum Gasteiger partial charge on any atom is 0.306 e. The summed E-state index contributed by atoms with van der Waals surface area (Å²) in [5, 5.41) is 13.6. The number of rotatable bonds is 44. The van der Waals surface area contributed by atoms with Crippen LogP contribution >= 0.6 is 39.5 Å². The molecule has 30 atom stereocenters. The lowest BCUT2D eigenvalue weighted by Gasteiger charge is -2.51. The van der Waals surface area contributed by atoms with Crippen LogP contribution in [0, 0.1) is 0 Å². The number of methoxy groups -OCH3 is 16. The maximum atomic E-state index is 13.5. The third kappa shape index (κ3) is 27.2. The van der Waals surface area contributed by atoms with Gasteiger partial charge in [0.15, 0.2) is 47.8 Å². The Morgan fingerprint density at radius 3 is 1.01 bits per heavy atom. The SMILES string of the molecule is COCC1OC(NC(=O)CCC(=O)OCC2c3ccccc3-c3ccccc32)C(OC)[C@H](OC)[C@H]1O[C@@H]1OC(COC)[C@H](O[C@@H]2OC(C)[C@@H](NC(=O)CSC(C)=O)[C@@H](OC)C2OC)[C@@H](OC)C1OC.COCC1OC(NC(=O)CNC(=O)CBr)C(OC)[C@H](OC)[C@H]1O[C@@H]1OC(COC)[C@H](O[C@@H]2OC(C)[C@@H](NC(=O)CSC(C)=O)[C@@H](OC)C2OC)[C@@H](OC)C1OC. The minimum absolute atomic E-state index is 0.00564. The van der Waals surface area contributed by atoms with E-state index >= 15 is 0 Å². The Labute approximate surface area is 745 Å². The van der Waals surface area contributed by atoms with Crippen LogP contribution in [0.15, 0.2) is 48.5 Å². The Morgan fingerprint density at radius 1 is 0.352 bits per heavy atom. The van der Waals surface area contributed by atoms with Crippen molar-refractivity contribution in [1.29, 1.82) is 0 Å². The zero-order valence-electron chi connectivity index (χ0n) is 74.3. The van der Waals surface area contributed by atoms with E-state index in [1.165, 1.54) is 128 Å². The summed E-state index contributed by atoms with van der Waals surface area (Å²) in [5.41, 5.74) is 4.42. The van der Waals surface area contributed by atoms with Crippen LogP contribution < -0.4 is 26.6 Å². The van der Waals surface area contributed by atoms with Gasteiger partial charge in [0, 0.05) is 140 Å². The normalized spacial score (nSPS) is 33.9. The second-order valence-electron chi connectivity index (χ2n) is 30.0. The number of carbonyl (C=O) groups is 8. The molecule has 5 N–H and O–H groups in total. The molecule has 0 radical (unpaired) electrons. The summed E-state index contributed by atoms with van der Waals surface area (Å²) >= 11 is 4.84. The van der Waals surface area contributed by atoms with Gasteiger partial charge in [-0.3, -0.25) is 38.4 Å². The number of halogens is 1. The molecule has 708 valence electrons. The van der Waals surface area contributed by atoms with Gasteiger partial charge in [-0.1, -0.05) is 88.0 Å². The minimum atomic E-state index is -1.14. The standard InChI is InChI=1S/C48H68N2O18S.C34H58BrN3O17S/c1-25-37(49-35(53)24-69-26(2)51)40(57-5)44(61-9)47(64-25)67-39-33(23-56-4)66-48(45(62-10)42(39)59-7)68-38-32(22-55-3)65-46(43(60-8)41(38)58-6)50-34(52)19-20-36(54)63-21-31-29-17-13-11-15-27(29)28-16-12-14-18-30(28)31;1-16-23(37-22(42)15-56-17(2)39)26(45-5)30(49-9)33(51-16)54-25-19(14-44-4)53-34(31(50-10)28(25)47-7)55-24-18(13-43-3)52-32(29(48-8)27(24)46-6)38-21(41)12-36-20(40)11-35/h11-18,25,31-33,37-48H,19-24H2,1-10H3,(H,49,53)(H,50,52);16,18-19,23-34H,11-15H2,1-10H3,(H,36,40)(H,37,42)(H,38,41)/t25?,32?,33?,37-,38+,39+,40-,41-,42-,43?,44?,45?,46?,47+,48+;16?,18?,19?,23-,24+,25+,26-,27-,28-,29?,30?,31?,32?,33+,34+/m11/s1. The largest absolute Gasteiger partial charge is 0.465 e. The summed E-state index contributed by atoms with van der Waals surface area (Å²) in [6, 6.07) is 14.8. The number of ether oxygens (including phenoxy) is 27. The zero-order valence-corrected chi connectivity index (χ0v) is 77.5. The lowest BCUT2D eigenvalue weighted by Crippen LogP contribution is -2.69. The number of alkyl halides is 1. The van der Waals surface area contributed by atoms with E-state index in [1.807, 2.05) is 36.4 Å². The molecule has 0 spiro atoms. The second kappa shape index (κ2) is 52.7. The first-order chi connectivity index (χ1) is 60.2. The molecule has 43 heteroatoms. The first-order valence-electron chi connectivity index (χ1n) is 40.7. The van der Waals surface area contributed by atoms with Gasteiger partial charge in [0.2, 0.25) is 29.5 Å². The number of hydrogen-bond acceptors (Lipinski definition) is 37. The minimum Gasteiger partial charge on any atom is -0.465 e. The van der Waals surface area contributed by atoms with E-state index in [0.717, 1.165) is 45.8 Å². The molecule has 6 aliphatic heterocycles. The molecular formula is C82H126BrN5O35S2. The number of benzene rings is 2. The van der Waals surface area contributed by atoms with E-state index < -0.39 is 202 Å². The predicted octanol–water partition coefficient (Wildman–Crippen LogP) is 1.08. The van der Waals surface area contributed by atoms with E-state index in [2.05, 4.69) is 54.6 Å². The highest BCUT2D eigenvalue weighted by atomic mass is 79.9. The van der Waals surface area contributed by atoms with Gasteiger partial charge >= 0.3 is 5.97 Å². The summed E-state index contributed by atoms with van der Waals surface area (Å²) in [5.74, 6) is -2.83. The molecule has 6 heterocycles. The first kappa shape index (κ1) is 105. The van der Waals surface area contributed by atoms with E-state index in [0.29, 0.717) is 0 Å². The van der Waals surface area contributed by atoms with Crippen LogP contribution in [-0.4, -0.2) is 400 Å². The number of hydrogen-bond donors (Lipinski definition) is 5. The van der Waals surface area contributed by atoms with E-state index in [-0.39, 0.29) is 103 Å². The van der Waals surface area contributed by atoms with Crippen molar-refractivity contribution in [3.8, 4) is 11.1 Å². The van der Waals surface area contributed by atoms with Crippen molar-refractivity contribution in [2.75, 3.05) is 170 Å². The van der Waals surface area contributed by atoms with Gasteiger partial charge in [-0.05, 0) is 36.1 Å². The highest BCUT2D eigenvalue weighted by Crippen LogP contribution is 2.45. The molecule has 0 aromatic heterocycles. The van der Waals surface area contributed by atoms with Crippen LogP contribution in [0.5, 0.6) is 0 Å². The Morgan fingerprint density at radius 2 is 0.672 bits per heavy atom. The Hall–Kier alpha value is -5.26. The van der Waals surface area contributed by atoms with Crippen molar-refractivity contribution in [2.24, 2.45) is 0 Å². The molecule has 6 saturated heterocycles. The first-order valence-corrected chi connectivity index (χ1v) is 43.8. The topological polar surface area (TPSA) is 446 Å². The van der Waals surface area contributed by atoms with Crippen molar-refractivity contribution in [3.05, 3.63) is 59.7 Å². The van der Waals surface area contributed by atoms with Gasteiger partial charge in [0.1, 0.15) is 129 Å². The Kier molecular flexibility index (Phi) is 44.3. The average Bonchev–Trinajstić information content (AvgIpc) is 1.76. The molecule has 14 unspecified atom stereocenters. The molecule has 0 bridgehead atoms. The quantitative estimate of drug-likeness (QED) is 0.0458. The number of thioether (sulfide) groups is 2. The van der Waals surface area contributed by atoms with E-state index in [1.54, 1.807) is 13.8 Å². The molecule has 5 amide bonds. The van der Waals surface area contributed by atoms with Gasteiger partial charge in [0.05, 0.1) is 80.5 Å². The van der Waals surface area contributed by atoms with Crippen LogP contribution in [0.1, 0.15) is 57.6 Å². The number of carbonyl (C=O) groups excluding carboxylic acids is 8. The third-order valence-corrected chi connectivity index (χ3v) is 24.5. The van der Waals surface area contributed by atoms with Crippen molar-refractivity contribution in [3.63, 3.8) is 0 Å². The maximum absolute atomic E-state index is 13.5. The van der Waals surface area contributed by atoms with Crippen LogP contribution in [-0.2, 0) is 166 Å². The number of amides is 5. The van der Waals surface area contributed by atoms with Crippen molar-refractivity contribution < 1.29 is 166 Å². The van der Waals surface area contributed by atoms with Crippen LogP contribution in [0.25, 0.3) is 11.1 Å². The zero-order chi connectivity index (χ0) is 91.3. The van der Waals surface area contributed by atoms with E-state index in [4.69, 9.17) is 128 Å². The molecule has 7 aliphatic rings. The summed E-state index contributed by atoms with van der Waals surface area (Å²) in [4.78, 5) is 99.4. The van der Waals surface area contributed by atoms with Crippen molar-refractivity contribution in [1.82, 2.24) is 26.6 Å². The van der Waals surface area contributed by atoms with Crippen molar-refractivity contribution in [2.45, 2.75) is 230 Å². The van der Waals surface area contributed by atoms with Gasteiger partial charge in [-0.15, -0.1) is 0 Å². The van der Waals surface area contributed by atoms with Crippen LogP contribution in [0.4, 0.5) is 0 Å². The van der Waals surface area contributed by atoms with E-state index in [9.17, 15) is 38.4 Å². The van der Waals surface area contributed by atoms with Gasteiger partial charge in [-0.2, -0.15) is 0 Å². The number of esters is 1. The molecular weight excluding hydrogens is 1760 g/mol. The molecule has 6 fully saturated rings. The van der Waals surface area contributed by atoms with Crippen LogP contribution in [0.2, 0.25) is 0 Å². The lowest BCUT2D eigenvalue weighted by atomic mass is 9.94. The summed E-state index contributed by atoms with van der Waals surface area (Å²) in [7, 11) is 23.7. The monoisotopic (exact) mass is 1880 g/mol. The van der Waals surface area contributed by atoms with Crippen molar-refractivity contribution >= 4 is 85.2 Å². The highest BCUT2D eigenvalue weighted by molar-refractivity contribution is 9.09. The van der Waals surface area contributed by atoms with Gasteiger partial charge < -0.3 is 154 Å². The Balaban J connectivity index is 0.000000317. The summed E-state index contributed by atoms with van der Waals surface area (Å²) < 4.78 is 164.